The molecule has 24 heavy (non-hydrogen) atoms. The Morgan fingerprint density at radius 2 is 1.92 bits per heavy atom. The average Bonchev–Trinajstić information content (AvgIpc) is 2.54. The molecule has 0 unspecified atom stereocenters. The predicted molar refractivity (Wildman–Crippen MR) is 92.7 cm³/mol. The van der Waals surface area contributed by atoms with Gasteiger partial charge in [0, 0.05) is 0 Å². The third kappa shape index (κ3) is 4.28. The van der Waals surface area contributed by atoms with E-state index in [1.165, 1.54) is 0 Å². The predicted octanol–water partition coefficient (Wildman–Crippen LogP) is 2.83. The maximum Gasteiger partial charge on any atom is 0.335 e. The van der Waals surface area contributed by atoms with Crippen LogP contribution in [0.15, 0.2) is 24.3 Å². The third-order valence-electron chi connectivity index (χ3n) is 5.41. The van der Waals surface area contributed by atoms with Crippen LogP contribution in [0.2, 0.25) is 0 Å². The van der Waals surface area contributed by atoms with Crippen LogP contribution in [0.25, 0.3) is 0 Å². The SMILES string of the molecule is Cl.O=C(O)c1cccc(C[C@H]2CC[C@H]3CN[C@H](C(=O)O)C[C@H]3C2)c1. The van der Waals surface area contributed by atoms with Gasteiger partial charge in [0.1, 0.15) is 6.04 Å². The van der Waals surface area contributed by atoms with Crippen molar-refractivity contribution in [2.45, 2.75) is 38.1 Å². The van der Waals surface area contributed by atoms with E-state index >= 15 is 0 Å². The first-order chi connectivity index (χ1) is 11.0. The zero-order chi connectivity index (χ0) is 16.4. The van der Waals surface area contributed by atoms with Gasteiger partial charge >= 0.3 is 11.9 Å². The van der Waals surface area contributed by atoms with Gasteiger partial charge in [-0.2, -0.15) is 0 Å². The summed E-state index contributed by atoms with van der Waals surface area (Å²) >= 11 is 0. The number of aliphatic carboxylic acids is 1. The van der Waals surface area contributed by atoms with Crippen LogP contribution in [-0.2, 0) is 11.2 Å². The van der Waals surface area contributed by atoms with Gasteiger partial charge in [0.15, 0.2) is 0 Å². The van der Waals surface area contributed by atoms with Crippen molar-refractivity contribution in [3.05, 3.63) is 35.4 Å². The molecular formula is C18H24ClNO4. The average molecular weight is 354 g/mol. The van der Waals surface area contributed by atoms with Gasteiger partial charge in [0.05, 0.1) is 5.56 Å². The standard InChI is InChI=1S/C18H23NO4.ClH/c20-17(21)13-3-1-2-11(7-13)6-12-4-5-14-10-19-16(18(22)23)9-15(14)8-12;/h1-3,7,12,14-16,19H,4-6,8-10H2,(H,20,21)(H,22,23);1H/t12-,14+,15-,16+;/m1./s1. The van der Waals surface area contributed by atoms with Gasteiger partial charge < -0.3 is 15.5 Å². The number of hydrogen-bond donors (Lipinski definition) is 3. The molecule has 0 radical (unpaired) electrons. The van der Waals surface area contributed by atoms with Crippen molar-refractivity contribution in [2.75, 3.05) is 6.54 Å². The molecule has 4 atom stereocenters. The normalized spacial score (nSPS) is 29.2. The quantitative estimate of drug-likeness (QED) is 0.774. The molecule has 5 nitrogen and oxygen atoms in total. The van der Waals surface area contributed by atoms with Gasteiger partial charge in [-0.1, -0.05) is 12.1 Å². The van der Waals surface area contributed by atoms with Gasteiger partial charge in [-0.15, -0.1) is 12.4 Å². The van der Waals surface area contributed by atoms with Crippen molar-refractivity contribution in [3.8, 4) is 0 Å². The molecule has 0 spiro atoms. The van der Waals surface area contributed by atoms with E-state index in [2.05, 4.69) is 5.32 Å². The van der Waals surface area contributed by atoms with Crippen LogP contribution < -0.4 is 5.32 Å². The molecule has 0 amide bonds. The fourth-order valence-corrected chi connectivity index (χ4v) is 4.20. The molecule has 0 bridgehead atoms. The Labute approximate surface area is 147 Å². The number of carboxylic acid groups (broad SMARTS) is 2. The molecule has 1 saturated carbocycles. The van der Waals surface area contributed by atoms with E-state index in [1.54, 1.807) is 18.2 Å². The molecule has 2 aliphatic rings. The molecule has 1 aliphatic heterocycles. The Kier molecular flexibility index (Phi) is 6.24. The minimum absolute atomic E-state index is 0. The molecule has 1 saturated heterocycles. The highest BCUT2D eigenvalue weighted by Gasteiger charge is 2.37. The molecule has 1 aromatic rings. The zero-order valence-corrected chi connectivity index (χ0v) is 14.3. The Hall–Kier alpha value is -1.59. The number of piperidine rings is 1. The number of halogens is 1. The summed E-state index contributed by atoms with van der Waals surface area (Å²) in [7, 11) is 0. The topological polar surface area (TPSA) is 86.6 Å². The van der Waals surface area contributed by atoms with Crippen LogP contribution in [0.4, 0.5) is 0 Å². The monoisotopic (exact) mass is 353 g/mol. The molecule has 1 heterocycles. The van der Waals surface area contributed by atoms with Crippen LogP contribution in [0.1, 0.15) is 41.6 Å². The van der Waals surface area contributed by atoms with E-state index in [1.807, 2.05) is 6.07 Å². The van der Waals surface area contributed by atoms with Crippen molar-refractivity contribution in [1.82, 2.24) is 5.32 Å². The van der Waals surface area contributed by atoms with Crippen LogP contribution in [0.5, 0.6) is 0 Å². The molecule has 0 aromatic heterocycles. The number of rotatable bonds is 4. The van der Waals surface area contributed by atoms with Crippen LogP contribution in [0, 0.1) is 17.8 Å². The van der Waals surface area contributed by atoms with Crippen molar-refractivity contribution < 1.29 is 19.8 Å². The Balaban J connectivity index is 0.00000208. The number of aromatic carboxylic acids is 1. The summed E-state index contributed by atoms with van der Waals surface area (Å²) in [5.74, 6) is -0.0586. The molecule has 1 aliphatic carbocycles. The van der Waals surface area contributed by atoms with Gasteiger partial charge in [-0.25, -0.2) is 4.79 Å². The van der Waals surface area contributed by atoms with Gasteiger partial charge in [-0.3, -0.25) is 4.79 Å². The largest absolute Gasteiger partial charge is 0.480 e. The number of fused-ring (bicyclic) bond motifs is 1. The van der Waals surface area contributed by atoms with Crippen molar-refractivity contribution in [2.24, 2.45) is 17.8 Å². The molecule has 2 fully saturated rings. The highest BCUT2D eigenvalue weighted by molar-refractivity contribution is 5.87. The van der Waals surface area contributed by atoms with E-state index in [-0.39, 0.29) is 12.4 Å². The van der Waals surface area contributed by atoms with Crippen LogP contribution >= 0.6 is 12.4 Å². The summed E-state index contributed by atoms with van der Waals surface area (Å²) in [5, 5.41) is 21.4. The summed E-state index contributed by atoms with van der Waals surface area (Å²) in [6, 6.07) is 6.76. The van der Waals surface area contributed by atoms with Crippen molar-refractivity contribution >= 4 is 24.3 Å². The lowest BCUT2D eigenvalue weighted by Crippen LogP contribution is -2.49. The Morgan fingerprint density at radius 1 is 1.12 bits per heavy atom. The highest BCUT2D eigenvalue weighted by Crippen LogP contribution is 2.39. The van der Waals surface area contributed by atoms with E-state index in [0.717, 1.165) is 37.8 Å². The smallest absolute Gasteiger partial charge is 0.335 e. The number of carbonyl (C=O) groups is 2. The summed E-state index contributed by atoms with van der Waals surface area (Å²) in [6.07, 6.45) is 4.92. The summed E-state index contributed by atoms with van der Waals surface area (Å²) < 4.78 is 0. The fourth-order valence-electron chi connectivity index (χ4n) is 4.20. The molecule has 132 valence electrons. The maximum absolute atomic E-state index is 11.2. The zero-order valence-electron chi connectivity index (χ0n) is 13.5. The van der Waals surface area contributed by atoms with E-state index in [0.29, 0.717) is 29.7 Å². The fraction of sp³-hybridized carbons (Fsp3) is 0.556. The first kappa shape index (κ1) is 18.7. The summed E-state index contributed by atoms with van der Waals surface area (Å²) in [6.45, 7) is 0.808. The Bertz CT molecular complexity index is 606. The van der Waals surface area contributed by atoms with Crippen LogP contribution in [-0.4, -0.2) is 34.7 Å². The van der Waals surface area contributed by atoms with Crippen molar-refractivity contribution in [1.29, 1.82) is 0 Å². The lowest BCUT2D eigenvalue weighted by Gasteiger charge is -2.41. The molecule has 6 heteroatoms. The summed E-state index contributed by atoms with van der Waals surface area (Å²) in [5.41, 5.74) is 1.40. The van der Waals surface area contributed by atoms with Gasteiger partial charge in [0.2, 0.25) is 0 Å². The van der Waals surface area contributed by atoms with Gasteiger partial charge in [0.25, 0.3) is 0 Å². The molecule has 3 N–H and O–H groups in total. The second-order valence-corrected chi connectivity index (χ2v) is 6.94. The molecule has 1 aromatic carbocycles. The second-order valence-electron chi connectivity index (χ2n) is 6.94. The second kappa shape index (κ2) is 7.99. The number of carboxylic acids is 2. The Morgan fingerprint density at radius 3 is 2.62 bits per heavy atom. The van der Waals surface area contributed by atoms with Crippen LogP contribution in [0.3, 0.4) is 0 Å². The van der Waals surface area contributed by atoms with Gasteiger partial charge in [-0.05, 0) is 74.1 Å². The molecular weight excluding hydrogens is 330 g/mol. The molecule has 3 rings (SSSR count). The number of nitrogens with one attached hydrogen (secondary N) is 1. The van der Waals surface area contributed by atoms with E-state index in [9.17, 15) is 14.7 Å². The highest BCUT2D eigenvalue weighted by atomic mass is 35.5. The van der Waals surface area contributed by atoms with Crippen molar-refractivity contribution in [3.63, 3.8) is 0 Å². The third-order valence-corrected chi connectivity index (χ3v) is 5.41. The number of hydrogen-bond acceptors (Lipinski definition) is 3. The number of benzene rings is 1. The van der Waals surface area contributed by atoms with E-state index in [4.69, 9.17) is 5.11 Å². The minimum Gasteiger partial charge on any atom is -0.480 e. The first-order valence-corrected chi connectivity index (χ1v) is 8.31. The minimum atomic E-state index is -0.891. The summed E-state index contributed by atoms with van der Waals surface area (Å²) in [4.78, 5) is 22.3. The lowest BCUT2D eigenvalue weighted by atomic mass is 9.68. The maximum atomic E-state index is 11.2. The van der Waals surface area contributed by atoms with E-state index < -0.39 is 18.0 Å². The lowest BCUT2D eigenvalue weighted by molar-refractivity contribution is -0.141. The first-order valence-electron chi connectivity index (χ1n) is 8.31.